The Bertz CT molecular complexity index is 1210. The molecule has 172 valence electrons. The first-order chi connectivity index (χ1) is 15.7. The molecule has 4 rings (SSSR count). The maximum Gasteiger partial charge on any atom is 0.419 e. The van der Waals surface area contributed by atoms with Crippen molar-refractivity contribution >= 4 is 23.0 Å². The van der Waals surface area contributed by atoms with E-state index in [0.717, 1.165) is 22.4 Å². The van der Waals surface area contributed by atoms with Gasteiger partial charge < -0.3 is 14.8 Å². The second kappa shape index (κ2) is 8.52. The predicted octanol–water partition coefficient (Wildman–Crippen LogP) is 3.84. The second-order valence-electron chi connectivity index (χ2n) is 7.27. The number of halogens is 3. The highest BCUT2D eigenvalue weighted by atomic mass is 19.4. The van der Waals surface area contributed by atoms with Gasteiger partial charge in [0.1, 0.15) is 0 Å². The summed E-state index contributed by atoms with van der Waals surface area (Å²) in [4.78, 5) is 38.3. The number of ether oxygens (including phenoxy) is 2. The predicted molar refractivity (Wildman–Crippen MR) is 108 cm³/mol. The van der Waals surface area contributed by atoms with Gasteiger partial charge in [-0.25, -0.2) is 19.5 Å². The normalized spacial score (nSPS) is 18.3. The van der Waals surface area contributed by atoms with Gasteiger partial charge in [-0.15, -0.1) is 0 Å². The van der Waals surface area contributed by atoms with Crippen molar-refractivity contribution in [3.63, 3.8) is 0 Å². The van der Waals surface area contributed by atoms with Gasteiger partial charge in [0.2, 0.25) is 5.88 Å². The number of imide groups is 1. The SMILES string of the molecule is COc1cc(C(F)(F)F)cc(C2OC(=O)N(C(=O)NCc3cncc4cccnc34)C2C)n1. The van der Waals surface area contributed by atoms with Crippen molar-refractivity contribution in [3.05, 3.63) is 59.7 Å². The number of pyridine rings is 3. The molecule has 4 heterocycles. The first kappa shape index (κ1) is 22.2. The van der Waals surface area contributed by atoms with Crippen molar-refractivity contribution in [1.82, 2.24) is 25.2 Å². The first-order valence-electron chi connectivity index (χ1n) is 9.77. The lowest BCUT2D eigenvalue weighted by Crippen LogP contribution is -2.44. The number of cyclic esters (lactones) is 1. The number of methoxy groups -OCH3 is 1. The maximum absolute atomic E-state index is 13.2. The number of aromatic nitrogens is 3. The molecule has 1 aliphatic heterocycles. The van der Waals surface area contributed by atoms with E-state index < -0.39 is 36.0 Å². The monoisotopic (exact) mass is 461 g/mol. The van der Waals surface area contributed by atoms with Crippen molar-refractivity contribution in [2.75, 3.05) is 7.11 Å². The molecule has 1 fully saturated rings. The van der Waals surface area contributed by atoms with Gasteiger partial charge in [-0.2, -0.15) is 13.2 Å². The minimum Gasteiger partial charge on any atom is -0.481 e. The lowest BCUT2D eigenvalue weighted by molar-refractivity contribution is -0.137. The van der Waals surface area contributed by atoms with E-state index in [4.69, 9.17) is 9.47 Å². The van der Waals surface area contributed by atoms with Gasteiger partial charge in [0.15, 0.2) is 6.10 Å². The highest BCUT2D eigenvalue weighted by molar-refractivity contribution is 5.93. The third kappa shape index (κ3) is 4.36. The summed E-state index contributed by atoms with van der Waals surface area (Å²) in [6, 6.07) is 3.38. The number of nitrogens with one attached hydrogen (secondary N) is 1. The largest absolute Gasteiger partial charge is 0.481 e. The summed E-state index contributed by atoms with van der Waals surface area (Å²) in [5.74, 6) is -0.290. The number of urea groups is 1. The highest BCUT2D eigenvalue weighted by Crippen LogP contribution is 2.37. The van der Waals surface area contributed by atoms with Crippen LogP contribution in [0.1, 0.15) is 29.8 Å². The third-order valence-electron chi connectivity index (χ3n) is 5.16. The zero-order valence-electron chi connectivity index (χ0n) is 17.5. The number of rotatable bonds is 4. The Balaban J connectivity index is 1.53. The van der Waals surface area contributed by atoms with Crippen LogP contribution in [-0.2, 0) is 17.5 Å². The van der Waals surface area contributed by atoms with Crippen LogP contribution >= 0.6 is 0 Å². The van der Waals surface area contributed by atoms with Crippen molar-refractivity contribution in [2.45, 2.75) is 31.8 Å². The van der Waals surface area contributed by atoms with Crippen molar-refractivity contribution in [2.24, 2.45) is 0 Å². The van der Waals surface area contributed by atoms with Crippen LogP contribution in [0, 0.1) is 0 Å². The molecule has 2 atom stereocenters. The Labute approximate surface area is 185 Å². The third-order valence-corrected chi connectivity index (χ3v) is 5.16. The van der Waals surface area contributed by atoms with Crippen molar-refractivity contribution in [1.29, 1.82) is 0 Å². The Morgan fingerprint density at radius 2 is 2.09 bits per heavy atom. The van der Waals surface area contributed by atoms with Gasteiger partial charge in [-0.3, -0.25) is 9.97 Å². The molecule has 3 aromatic heterocycles. The van der Waals surface area contributed by atoms with E-state index in [1.807, 2.05) is 6.07 Å². The smallest absolute Gasteiger partial charge is 0.419 e. The molecule has 3 amide bonds. The Morgan fingerprint density at radius 3 is 2.82 bits per heavy atom. The van der Waals surface area contributed by atoms with E-state index in [2.05, 4.69) is 20.3 Å². The minimum absolute atomic E-state index is 0.0248. The zero-order valence-corrected chi connectivity index (χ0v) is 17.5. The lowest BCUT2D eigenvalue weighted by atomic mass is 10.1. The van der Waals surface area contributed by atoms with Crippen LogP contribution in [0.2, 0.25) is 0 Å². The van der Waals surface area contributed by atoms with Gasteiger partial charge >= 0.3 is 18.3 Å². The molecule has 33 heavy (non-hydrogen) atoms. The average molecular weight is 461 g/mol. The number of hydrogen-bond acceptors (Lipinski definition) is 7. The fourth-order valence-corrected chi connectivity index (χ4v) is 3.52. The molecule has 1 aliphatic rings. The molecule has 0 bridgehead atoms. The number of fused-ring (bicyclic) bond motifs is 1. The number of nitrogens with zero attached hydrogens (tertiary/aromatic N) is 4. The van der Waals surface area contributed by atoms with Crippen LogP contribution in [-0.4, -0.2) is 45.1 Å². The molecular formula is C21H18F3N5O4. The van der Waals surface area contributed by atoms with E-state index in [1.54, 1.807) is 24.7 Å². The first-order valence-corrected chi connectivity index (χ1v) is 9.77. The molecule has 0 saturated carbocycles. The minimum atomic E-state index is -4.66. The van der Waals surface area contributed by atoms with E-state index in [0.29, 0.717) is 11.1 Å². The van der Waals surface area contributed by atoms with E-state index in [1.165, 1.54) is 14.0 Å². The summed E-state index contributed by atoms with van der Waals surface area (Å²) >= 11 is 0. The second-order valence-corrected chi connectivity index (χ2v) is 7.27. The van der Waals surface area contributed by atoms with Crippen LogP contribution in [0.25, 0.3) is 10.9 Å². The molecule has 1 saturated heterocycles. The van der Waals surface area contributed by atoms with E-state index in [-0.39, 0.29) is 18.1 Å². The topological polar surface area (TPSA) is 107 Å². The Morgan fingerprint density at radius 1 is 1.30 bits per heavy atom. The molecule has 2 unspecified atom stereocenters. The number of carbonyl (C=O) groups excluding carboxylic acids is 2. The molecular weight excluding hydrogens is 443 g/mol. The van der Waals surface area contributed by atoms with Crippen LogP contribution in [0.4, 0.5) is 22.8 Å². The van der Waals surface area contributed by atoms with Crippen LogP contribution < -0.4 is 10.1 Å². The van der Waals surface area contributed by atoms with Crippen molar-refractivity contribution in [3.8, 4) is 5.88 Å². The summed E-state index contributed by atoms with van der Waals surface area (Å²) < 4.78 is 49.8. The molecule has 9 nitrogen and oxygen atoms in total. The number of amides is 3. The van der Waals surface area contributed by atoms with Gasteiger partial charge in [-0.05, 0) is 25.1 Å². The van der Waals surface area contributed by atoms with Gasteiger partial charge in [0, 0.05) is 42.2 Å². The zero-order chi connectivity index (χ0) is 23.8. The molecule has 0 aromatic carbocycles. The van der Waals surface area contributed by atoms with Gasteiger partial charge in [0.25, 0.3) is 0 Å². The summed E-state index contributed by atoms with van der Waals surface area (Å²) in [5.41, 5.74) is 0.0808. The fraction of sp³-hybridized carbons (Fsp3) is 0.286. The standard InChI is InChI=1S/C21H18F3N5O4/c1-11-18(15-6-14(21(22,23)24)7-16(28-15)32-2)33-20(31)29(11)19(30)27-10-13-9-25-8-12-4-3-5-26-17(12)13/h3-9,11,18H,10H2,1-2H3,(H,27,30). The van der Waals surface area contributed by atoms with Crippen LogP contribution in [0.15, 0.2) is 42.9 Å². The lowest BCUT2D eigenvalue weighted by Gasteiger charge is -2.20. The summed E-state index contributed by atoms with van der Waals surface area (Å²) in [5, 5.41) is 3.39. The van der Waals surface area contributed by atoms with Gasteiger partial charge in [-0.1, -0.05) is 0 Å². The van der Waals surface area contributed by atoms with Crippen LogP contribution in [0.3, 0.4) is 0 Å². The maximum atomic E-state index is 13.2. The molecule has 0 radical (unpaired) electrons. The number of hydrogen-bond donors (Lipinski definition) is 1. The molecule has 3 aromatic rings. The number of alkyl halides is 3. The quantitative estimate of drug-likeness (QED) is 0.629. The highest BCUT2D eigenvalue weighted by Gasteiger charge is 2.45. The summed E-state index contributed by atoms with van der Waals surface area (Å²) in [7, 11) is 1.17. The summed E-state index contributed by atoms with van der Waals surface area (Å²) in [6.45, 7) is 1.50. The average Bonchev–Trinajstić information content (AvgIpc) is 3.10. The molecule has 12 heteroatoms. The van der Waals surface area contributed by atoms with E-state index >= 15 is 0 Å². The van der Waals surface area contributed by atoms with Crippen molar-refractivity contribution < 1.29 is 32.2 Å². The summed E-state index contributed by atoms with van der Waals surface area (Å²) in [6.07, 6.45) is -2.09. The Kier molecular flexibility index (Phi) is 5.75. The number of carbonyl (C=O) groups is 2. The van der Waals surface area contributed by atoms with E-state index in [9.17, 15) is 22.8 Å². The Hall–Kier alpha value is -3.96. The van der Waals surface area contributed by atoms with Gasteiger partial charge in [0.05, 0.1) is 29.9 Å². The fourth-order valence-electron chi connectivity index (χ4n) is 3.52. The van der Waals surface area contributed by atoms with Crippen LogP contribution in [0.5, 0.6) is 5.88 Å². The molecule has 0 spiro atoms. The molecule has 1 N–H and O–H groups in total. The molecule has 0 aliphatic carbocycles.